The first kappa shape index (κ1) is 16.8. The lowest BCUT2D eigenvalue weighted by Crippen LogP contribution is -2.33. The van der Waals surface area contributed by atoms with Crippen molar-refractivity contribution in [3.05, 3.63) is 29.3 Å². The summed E-state index contributed by atoms with van der Waals surface area (Å²) in [6, 6.07) is 5.95. The first-order chi connectivity index (χ1) is 10.6. The minimum absolute atomic E-state index is 0.0990. The maximum atomic E-state index is 13.0. The summed E-state index contributed by atoms with van der Waals surface area (Å²) in [6.07, 6.45) is -4.65. The molecule has 1 aliphatic rings. The number of carbonyl (C=O) groups is 2. The number of carbonyl (C=O) groups excluding carboxylic acids is 1. The van der Waals surface area contributed by atoms with Gasteiger partial charge in [0.2, 0.25) is 0 Å². The second-order valence-corrected chi connectivity index (χ2v) is 5.40. The number of hydrogen-bond acceptors (Lipinski definition) is 4. The van der Waals surface area contributed by atoms with Crippen molar-refractivity contribution < 1.29 is 27.9 Å². The number of ketones is 1. The van der Waals surface area contributed by atoms with Crippen molar-refractivity contribution in [2.45, 2.75) is 13.1 Å². The first-order valence-electron chi connectivity index (χ1n) is 6.74. The maximum Gasteiger partial charge on any atom is 0.394 e. The van der Waals surface area contributed by atoms with Gasteiger partial charge in [0.1, 0.15) is 6.07 Å². The van der Waals surface area contributed by atoms with E-state index in [4.69, 9.17) is 10.4 Å². The first-order valence-corrected chi connectivity index (χ1v) is 6.74. The smallest absolute Gasteiger partial charge is 0.394 e. The maximum absolute atomic E-state index is 13.0. The number of benzene rings is 1. The van der Waals surface area contributed by atoms with E-state index >= 15 is 0 Å². The van der Waals surface area contributed by atoms with E-state index in [-0.39, 0.29) is 29.1 Å². The number of halogens is 3. The van der Waals surface area contributed by atoms with E-state index in [1.165, 1.54) is 30.0 Å². The average Bonchev–Trinajstić information content (AvgIpc) is 2.91. The third-order valence-corrected chi connectivity index (χ3v) is 3.92. The number of alkyl halides is 3. The summed E-state index contributed by atoms with van der Waals surface area (Å²) < 4.78 is 39.1. The number of Topliss-reactive ketones (excluding diaryl/α,β-unsaturated/α-hetero) is 1. The van der Waals surface area contributed by atoms with Gasteiger partial charge in [-0.05, 0) is 25.1 Å². The van der Waals surface area contributed by atoms with Crippen LogP contribution in [0.15, 0.2) is 18.2 Å². The number of carboxylic acid groups (broad SMARTS) is 1. The molecule has 1 fully saturated rings. The third kappa shape index (κ3) is 3.28. The lowest BCUT2D eigenvalue weighted by molar-refractivity contribution is -0.187. The molecule has 122 valence electrons. The molecule has 1 aliphatic heterocycles. The van der Waals surface area contributed by atoms with Crippen molar-refractivity contribution in [1.29, 1.82) is 5.26 Å². The van der Waals surface area contributed by atoms with Crippen LogP contribution in [0.1, 0.15) is 22.8 Å². The van der Waals surface area contributed by atoms with Crippen molar-refractivity contribution in [3.63, 3.8) is 0 Å². The Morgan fingerprint density at radius 1 is 1.35 bits per heavy atom. The molecular formula is C15H13F3N2O3. The number of carboxylic acids is 1. The Balaban J connectivity index is 2.43. The molecule has 1 N–H and O–H groups in total. The fourth-order valence-corrected chi connectivity index (χ4v) is 2.69. The Hall–Kier alpha value is -2.56. The van der Waals surface area contributed by atoms with Crippen molar-refractivity contribution in [1.82, 2.24) is 0 Å². The van der Waals surface area contributed by atoms with Crippen LogP contribution in [0.3, 0.4) is 0 Å². The number of anilines is 1. The highest BCUT2D eigenvalue weighted by atomic mass is 19.4. The molecule has 0 aromatic heterocycles. The Morgan fingerprint density at radius 3 is 2.43 bits per heavy atom. The highest BCUT2D eigenvalue weighted by molar-refractivity contribution is 5.95. The zero-order valence-corrected chi connectivity index (χ0v) is 12.1. The molecule has 8 heteroatoms. The standard InChI is InChI=1S/C15H13F3N2O3/c1-8(21)9-2-3-10(5-19)13(4-9)20-6-11(14(22)23)12(7-20)15(16,17)18/h2-4,11-12H,6-7H2,1H3,(H,22,23)/t11-,12-/m1/s1. The molecule has 23 heavy (non-hydrogen) atoms. The molecule has 2 rings (SSSR count). The normalized spacial score (nSPS) is 21.1. The van der Waals surface area contributed by atoms with Gasteiger partial charge >= 0.3 is 12.1 Å². The third-order valence-electron chi connectivity index (χ3n) is 3.92. The van der Waals surface area contributed by atoms with Crippen LogP contribution in [-0.4, -0.2) is 36.1 Å². The molecule has 1 saturated heterocycles. The van der Waals surface area contributed by atoms with E-state index in [0.29, 0.717) is 0 Å². The Morgan fingerprint density at radius 2 is 2.00 bits per heavy atom. The zero-order chi connectivity index (χ0) is 17.4. The van der Waals surface area contributed by atoms with Crippen LogP contribution in [0.5, 0.6) is 0 Å². The summed E-state index contributed by atoms with van der Waals surface area (Å²) in [5.41, 5.74) is 0.501. The molecule has 0 saturated carbocycles. The molecule has 0 amide bonds. The van der Waals surface area contributed by atoms with Gasteiger partial charge in [0.15, 0.2) is 5.78 Å². The van der Waals surface area contributed by atoms with Gasteiger partial charge in [-0.25, -0.2) is 0 Å². The Bertz CT molecular complexity index is 694. The van der Waals surface area contributed by atoms with Crippen LogP contribution in [0, 0.1) is 23.2 Å². The minimum atomic E-state index is -4.65. The number of nitriles is 1. The van der Waals surface area contributed by atoms with Crippen molar-refractivity contribution in [2.75, 3.05) is 18.0 Å². The molecule has 2 atom stereocenters. The van der Waals surface area contributed by atoms with Gasteiger partial charge in [-0.15, -0.1) is 0 Å². The number of rotatable bonds is 3. The van der Waals surface area contributed by atoms with Crippen LogP contribution < -0.4 is 4.90 Å². The molecule has 0 aliphatic carbocycles. The van der Waals surface area contributed by atoms with Gasteiger partial charge in [-0.2, -0.15) is 18.4 Å². The summed E-state index contributed by atoms with van der Waals surface area (Å²) in [5, 5.41) is 18.1. The van der Waals surface area contributed by atoms with Crippen molar-refractivity contribution in [2.24, 2.45) is 11.8 Å². The van der Waals surface area contributed by atoms with Crippen LogP contribution in [-0.2, 0) is 4.79 Å². The number of nitrogens with zero attached hydrogens (tertiary/aromatic N) is 2. The van der Waals surface area contributed by atoms with Gasteiger partial charge in [0.05, 0.1) is 23.1 Å². The van der Waals surface area contributed by atoms with Crippen LogP contribution in [0.25, 0.3) is 0 Å². The molecule has 0 spiro atoms. The largest absolute Gasteiger partial charge is 0.481 e. The molecule has 5 nitrogen and oxygen atoms in total. The van der Waals surface area contributed by atoms with Crippen LogP contribution in [0.4, 0.5) is 18.9 Å². The summed E-state index contributed by atoms with van der Waals surface area (Å²) in [5.74, 6) is -5.46. The van der Waals surface area contributed by atoms with Gasteiger partial charge in [0, 0.05) is 18.7 Å². The lowest BCUT2D eigenvalue weighted by Gasteiger charge is -2.21. The van der Waals surface area contributed by atoms with Gasteiger partial charge in [0.25, 0.3) is 0 Å². The second-order valence-electron chi connectivity index (χ2n) is 5.40. The van der Waals surface area contributed by atoms with E-state index < -0.39 is 30.5 Å². The Kier molecular flexibility index (Phi) is 4.32. The molecule has 1 heterocycles. The summed E-state index contributed by atoms with van der Waals surface area (Å²) >= 11 is 0. The molecular weight excluding hydrogens is 313 g/mol. The molecule has 1 aromatic rings. The molecule has 1 aromatic carbocycles. The van der Waals surface area contributed by atoms with Crippen molar-refractivity contribution >= 4 is 17.4 Å². The molecule has 0 radical (unpaired) electrons. The topological polar surface area (TPSA) is 81.4 Å². The van der Waals surface area contributed by atoms with Gasteiger partial charge in [-0.1, -0.05) is 0 Å². The van der Waals surface area contributed by atoms with Crippen LogP contribution >= 0.6 is 0 Å². The number of aliphatic carboxylic acids is 1. The molecule has 0 bridgehead atoms. The van der Waals surface area contributed by atoms with E-state index in [1.807, 2.05) is 6.07 Å². The van der Waals surface area contributed by atoms with E-state index in [9.17, 15) is 22.8 Å². The summed E-state index contributed by atoms with van der Waals surface area (Å²) in [7, 11) is 0. The Labute approximate surface area is 129 Å². The quantitative estimate of drug-likeness (QED) is 0.863. The predicted molar refractivity (Wildman–Crippen MR) is 74.0 cm³/mol. The highest BCUT2D eigenvalue weighted by Crippen LogP contribution is 2.40. The van der Waals surface area contributed by atoms with E-state index in [1.54, 1.807) is 0 Å². The van der Waals surface area contributed by atoms with Crippen LogP contribution in [0.2, 0.25) is 0 Å². The SMILES string of the molecule is CC(=O)c1ccc(C#N)c(N2C[C@@H](C(F)(F)F)[C@H](C(=O)O)C2)c1. The summed E-state index contributed by atoms with van der Waals surface area (Å²) in [4.78, 5) is 23.8. The van der Waals surface area contributed by atoms with Gasteiger partial charge in [-0.3, -0.25) is 9.59 Å². The second kappa shape index (κ2) is 5.91. The molecule has 0 unspecified atom stereocenters. The monoisotopic (exact) mass is 326 g/mol. The number of hydrogen-bond donors (Lipinski definition) is 1. The van der Waals surface area contributed by atoms with Gasteiger partial charge < -0.3 is 10.0 Å². The lowest BCUT2D eigenvalue weighted by atomic mass is 9.96. The minimum Gasteiger partial charge on any atom is -0.481 e. The van der Waals surface area contributed by atoms with E-state index in [0.717, 1.165) is 0 Å². The fourth-order valence-electron chi connectivity index (χ4n) is 2.69. The summed E-state index contributed by atoms with van der Waals surface area (Å²) in [6.45, 7) is 0.375. The zero-order valence-electron chi connectivity index (χ0n) is 12.1. The highest BCUT2D eigenvalue weighted by Gasteiger charge is 2.52. The predicted octanol–water partition coefficient (Wildman–Crippen LogP) is 2.46. The average molecular weight is 326 g/mol. The van der Waals surface area contributed by atoms with E-state index in [2.05, 4.69) is 0 Å². The van der Waals surface area contributed by atoms with Crippen molar-refractivity contribution in [3.8, 4) is 6.07 Å². The fraction of sp³-hybridized carbons (Fsp3) is 0.400.